The van der Waals surface area contributed by atoms with Crippen molar-refractivity contribution in [2.75, 3.05) is 13.6 Å². The Labute approximate surface area is 132 Å². The highest BCUT2D eigenvalue weighted by atomic mass is 35.5. The summed E-state index contributed by atoms with van der Waals surface area (Å²) < 4.78 is 12.2. The normalized spacial score (nSPS) is 20.9. The summed E-state index contributed by atoms with van der Waals surface area (Å²) in [7, 11) is 1.49. The molecule has 1 fully saturated rings. The number of hydrogen-bond acceptors (Lipinski definition) is 4. The van der Waals surface area contributed by atoms with E-state index in [0.29, 0.717) is 11.6 Å². The minimum Gasteiger partial charge on any atom is -0.400 e. The molecule has 0 bridgehead atoms. The van der Waals surface area contributed by atoms with E-state index in [1.807, 2.05) is 53.0 Å². The lowest BCUT2D eigenvalue weighted by Gasteiger charge is -2.32. The Morgan fingerprint density at radius 1 is 1.33 bits per heavy atom. The van der Waals surface area contributed by atoms with Gasteiger partial charge in [0, 0.05) is 12.7 Å². The van der Waals surface area contributed by atoms with Crippen molar-refractivity contribution in [2.45, 2.75) is 38.9 Å². The number of halogens is 1. The highest BCUT2D eigenvalue weighted by Gasteiger charge is 2.52. The van der Waals surface area contributed by atoms with Gasteiger partial charge in [-0.1, -0.05) is 11.6 Å². The Bertz CT molecular complexity index is 530. The lowest BCUT2D eigenvalue weighted by molar-refractivity contribution is 0.00578. The maximum Gasteiger partial charge on any atom is 0.491 e. The third-order valence-corrected chi connectivity index (χ3v) is 4.37. The van der Waals surface area contributed by atoms with Crippen LogP contribution < -0.4 is 5.32 Å². The second kappa shape index (κ2) is 6.09. The van der Waals surface area contributed by atoms with Gasteiger partial charge in [-0.05, 0) is 58.4 Å². The molecule has 1 aromatic heterocycles. The van der Waals surface area contributed by atoms with Crippen LogP contribution >= 0.6 is 11.6 Å². The molecule has 0 amide bonds. The SMILES string of the molecule is CNCC(=Cc1ncccc1Cl)B1OC(C)(C)C(C)(C)O1. The van der Waals surface area contributed by atoms with Gasteiger partial charge in [0.05, 0.1) is 21.9 Å². The minimum atomic E-state index is -0.402. The third kappa shape index (κ3) is 3.48. The highest BCUT2D eigenvalue weighted by Crippen LogP contribution is 2.38. The largest absolute Gasteiger partial charge is 0.491 e. The van der Waals surface area contributed by atoms with Crippen LogP contribution in [-0.2, 0) is 9.31 Å². The van der Waals surface area contributed by atoms with E-state index >= 15 is 0 Å². The number of pyridine rings is 1. The van der Waals surface area contributed by atoms with Gasteiger partial charge < -0.3 is 14.6 Å². The molecule has 4 nitrogen and oxygen atoms in total. The zero-order valence-corrected chi connectivity index (χ0v) is 14.0. The maximum atomic E-state index is 6.18. The molecule has 6 heteroatoms. The molecule has 0 atom stereocenters. The summed E-state index contributed by atoms with van der Waals surface area (Å²) in [6, 6.07) is 3.63. The highest BCUT2D eigenvalue weighted by molar-refractivity contribution is 6.56. The van der Waals surface area contributed by atoms with Crippen molar-refractivity contribution in [2.24, 2.45) is 0 Å². The number of nitrogens with one attached hydrogen (secondary N) is 1. The quantitative estimate of drug-likeness (QED) is 0.869. The average Bonchev–Trinajstić information content (AvgIpc) is 2.60. The topological polar surface area (TPSA) is 43.4 Å². The monoisotopic (exact) mass is 308 g/mol. The Hall–Kier alpha value is -0.875. The molecular formula is C15H22BClN2O2. The smallest absolute Gasteiger partial charge is 0.400 e. The molecule has 2 rings (SSSR count). The number of nitrogens with zero attached hydrogens (tertiary/aromatic N) is 1. The van der Waals surface area contributed by atoms with Crippen molar-refractivity contribution in [3.05, 3.63) is 34.5 Å². The summed E-state index contributed by atoms with van der Waals surface area (Å²) in [4.78, 5) is 4.30. The molecule has 1 aliphatic heterocycles. The van der Waals surface area contributed by atoms with Crippen molar-refractivity contribution in [1.29, 1.82) is 0 Å². The molecule has 0 saturated carbocycles. The van der Waals surface area contributed by atoms with Gasteiger partial charge in [0.25, 0.3) is 0 Å². The van der Waals surface area contributed by atoms with Crippen LogP contribution in [0.25, 0.3) is 6.08 Å². The molecule has 21 heavy (non-hydrogen) atoms. The van der Waals surface area contributed by atoms with Gasteiger partial charge in [-0.3, -0.25) is 4.98 Å². The van der Waals surface area contributed by atoms with E-state index in [0.717, 1.165) is 11.2 Å². The van der Waals surface area contributed by atoms with Crippen LogP contribution in [0.1, 0.15) is 33.4 Å². The minimum absolute atomic E-state index is 0.363. The van der Waals surface area contributed by atoms with Crippen LogP contribution in [0.5, 0.6) is 0 Å². The van der Waals surface area contributed by atoms with Crippen LogP contribution in [-0.4, -0.2) is 36.9 Å². The molecular weight excluding hydrogens is 286 g/mol. The zero-order valence-electron chi connectivity index (χ0n) is 13.2. The molecule has 1 aromatic rings. The molecule has 2 heterocycles. The van der Waals surface area contributed by atoms with Gasteiger partial charge in [-0.25, -0.2) is 0 Å². The number of aromatic nitrogens is 1. The maximum absolute atomic E-state index is 6.18. The lowest BCUT2D eigenvalue weighted by Crippen LogP contribution is -2.41. The Balaban J connectivity index is 2.31. The van der Waals surface area contributed by atoms with E-state index < -0.39 is 7.12 Å². The first-order valence-electron chi connectivity index (χ1n) is 7.08. The summed E-state index contributed by atoms with van der Waals surface area (Å²) in [5.74, 6) is 0. The van der Waals surface area contributed by atoms with E-state index in [1.165, 1.54) is 0 Å². The first-order chi connectivity index (χ1) is 9.77. The molecule has 1 aliphatic rings. The van der Waals surface area contributed by atoms with Crippen LogP contribution in [0.4, 0.5) is 0 Å². The molecule has 0 aliphatic carbocycles. The zero-order chi connectivity index (χ0) is 15.7. The molecule has 0 radical (unpaired) electrons. The summed E-state index contributed by atoms with van der Waals surface area (Å²) in [6.45, 7) is 8.80. The summed E-state index contributed by atoms with van der Waals surface area (Å²) in [5, 5.41) is 3.75. The molecule has 114 valence electrons. The number of hydrogen-bond donors (Lipinski definition) is 1. The Kier molecular flexibility index (Phi) is 4.78. The second-order valence-corrected chi connectivity index (χ2v) is 6.62. The van der Waals surface area contributed by atoms with Crippen LogP contribution in [0.3, 0.4) is 0 Å². The van der Waals surface area contributed by atoms with Gasteiger partial charge >= 0.3 is 7.12 Å². The predicted octanol–water partition coefficient (Wildman–Crippen LogP) is 2.97. The number of likely N-dealkylation sites (N-methyl/N-ethyl adjacent to an activating group) is 1. The fourth-order valence-corrected chi connectivity index (χ4v) is 2.26. The van der Waals surface area contributed by atoms with Crippen LogP contribution in [0, 0.1) is 0 Å². The summed E-state index contributed by atoms with van der Waals surface area (Å²) >= 11 is 6.18. The molecule has 1 N–H and O–H groups in total. The van der Waals surface area contributed by atoms with Crippen molar-refractivity contribution in [3.8, 4) is 0 Å². The van der Waals surface area contributed by atoms with Gasteiger partial charge in [-0.15, -0.1) is 0 Å². The Morgan fingerprint density at radius 3 is 2.48 bits per heavy atom. The molecule has 0 aromatic carbocycles. The van der Waals surface area contributed by atoms with Gasteiger partial charge in [0.2, 0.25) is 0 Å². The first kappa shape index (κ1) is 16.5. The van der Waals surface area contributed by atoms with Gasteiger partial charge in [-0.2, -0.15) is 0 Å². The second-order valence-electron chi connectivity index (χ2n) is 6.21. The van der Waals surface area contributed by atoms with Gasteiger partial charge in [0.15, 0.2) is 0 Å². The third-order valence-electron chi connectivity index (χ3n) is 4.05. The van der Waals surface area contributed by atoms with Gasteiger partial charge in [0.1, 0.15) is 0 Å². The Morgan fingerprint density at radius 2 is 1.95 bits per heavy atom. The standard InChI is InChI=1S/C15H22BClN2O2/c1-14(2)15(3,4)21-16(20-14)11(10-18-5)9-13-12(17)7-6-8-19-13/h6-9,18H,10H2,1-5H3. The summed E-state index contributed by atoms with van der Waals surface area (Å²) in [5.41, 5.74) is 0.965. The van der Waals surface area contributed by atoms with E-state index in [2.05, 4.69) is 10.3 Å². The summed E-state index contributed by atoms with van der Waals surface area (Å²) in [6.07, 6.45) is 3.65. The molecule has 0 spiro atoms. The van der Waals surface area contributed by atoms with Crippen LogP contribution in [0.15, 0.2) is 23.8 Å². The van der Waals surface area contributed by atoms with Crippen LogP contribution in [0.2, 0.25) is 5.02 Å². The molecule has 0 unspecified atom stereocenters. The van der Waals surface area contributed by atoms with Crippen molar-refractivity contribution in [3.63, 3.8) is 0 Å². The van der Waals surface area contributed by atoms with Crippen molar-refractivity contribution >= 4 is 24.8 Å². The first-order valence-corrected chi connectivity index (χ1v) is 7.46. The van der Waals surface area contributed by atoms with Crippen molar-refractivity contribution in [1.82, 2.24) is 10.3 Å². The van der Waals surface area contributed by atoms with E-state index in [1.54, 1.807) is 6.20 Å². The molecule has 1 saturated heterocycles. The fraction of sp³-hybridized carbons (Fsp3) is 0.533. The predicted molar refractivity (Wildman–Crippen MR) is 87.2 cm³/mol. The average molecular weight is 309 g/mol. The van der Waals surface area contributed by atoms with E-state index in [4.69, 9.17) is 20.9 Å². The fourth-order valence-electron chi connectivity index (χ4n) is 2.08. The van der Waals surface area contributed by atoms with E-state index in [-0.39, 0.29) is 11.2 Å². The number of rotatable bonds is 4. The van der Waals surface area contributed by atoms with Crippen molar-refractivity contribution < 1.29 is 9.31 Å². The lowest BCUT2D eigenvalue weighted by atomic mass is 9.77. The van der Waals surface area contributed by atoms with E-state index in [9.17, 15) is 0 Å².